The van der Waals surface area contributed by atoms with E-state index in [-0.39, 0.29) is 0 Å². The summed E-state index contributed by atoms with van der Waals surface area (Å²) in [6, 6.07) is 0. The number of hydrogen-bond donors (Lipinski definition) is 0. The second-order valence-corrected chi connectivity index (χ2v) is 4.07. The van der Waals surface area contributed by atoms with Crippen LogP contribution in [-0.4, -0.2) is 25.0 Å². The Hall–Kier alpha value is -0.0400. The average Bonchev–Trinajstić information content (AvgIpc) is 2.83. The van der Waals surface area contributed by atoms with Gasteiger partial charge in [0.25, 0.3) is 0 Å². The maximum Gasteiger partial charge on any atom is 0.00120 e. The summed E-state index contributed by atoms with van der Waals surface area (Å²) < 4.78 is 0. The molecular weight excluding hydrogens is 158 g/mol. The summed E-state index contributed by atoms with van der Waals surface area (Å²) in [5, 5.41) is 0. The second-order valence-electron chi connectivity index (χ2n) is 4.07. The predicted molar refractivity (Wildman–Crippen MR) is 61.0 cm³/mol. The van der Waals surface area contributed by atoms with Crippen molar-refractivity contribution in [2.24, 2.45) is 11.3 Å². The normalized spacial score (nSPS) is 36.0. The van der Waals surface area contributed by atoms with Gasteiger partial charge in [-0.3, -0.25) is 0 Å². The summed E-state index contributed by atoms with van der Waals surface area (Å²) in [4.78, 5) is 2.46. The van der Waals surface area contributed by atoms with Crippen LogP contribution in [0.15, 0.2) is 0 Å². The third kappa shape index (κ3) is 3.30. The Morgan fingerprint density at radius 1 is 1.15 bits per heavy atom. The summed E-state index contributed by atoms with van der Waals surface area (Å²) in [5.74, 6) is 1.05. The smallest absolute Gasteiger partial charge is 0.00120 e. The number of nitrogens with zero attached hydrogens (tertiary/aromatic N) is 1. The van der Waals surface area contributed by atoms with Crippen molar-refractivity contribution in [2.45, 2.75) is 47.5 Å². The van der Waals surface area contributed by atoms with Gasteiger partial charge in [-0.15, -0.1) is 0 Å². The number of piperidine rings is 1. The lowest BCUT2D eigenvalue weighted by Crippen LogP contribution is -2.30. The highest BCUT2D eigenvalue weighted by atomic mass is 15.1. The molecule has 1 heteroatoms. The Balaban J connectivity index is 0.000000322. The Labute approximate surface area is 84.5 Å². The third-order valence-corrected chi connectivity index (χ3v) is 3.13. The molecule has 0 aromatic carbocycles. The van der Waals surface area contributed by atoms with Crippen LogP contribution in [0.25, 0.3) is 0 Å². The van der Waals surface area contributed by atoms with Crippen LogP contribution in [0.3, 0.4) is 0 Å². The van der Waals surface area contributed by atoms with Gasteiger partial charge in [-0.25, -0.2) is 0 Å². The average molecular weight is 185 g/mol. The molecule has 0 radical (unpaired) electrons. The van der Waals surface area contributed by atoms with Crippen molar-refractivity contribution < 1.29 is 0 Å². The highest BCUT2D eigenvalue weighted by molar-refractivity contribution is 5.02. The lowest BCUT2D eigenvalue weighted by molar-refractivity contribution is 0.222. The third-order valence-electron chi connectivity index (χ3n) is 3.13. The maximum atomic E-state index is 2.46. The first-order valence-corrected chi connectivity index (χ1v) is 5.89. The molecule has 1 heterocycles. The van der Waals surface area contributed by atoms with E-state index in [1.807, 2.05) is 27.7 Å². The van der Waals surface area contributed by atoms with Crippen molar-refractivity contribution in [3.05, 3.63) is 0 Å². The van der Waals surface area contributed by atoms with E-state index in [1.54, 1.807) is 0 Å². The van der Waals surface area contributed by atoms with Crippen molar-refractivity contribution in [2.75, 3.05) is 20.1 Å². The largest absolute Gasteiger partial charge is 0.306 e. The van der Waals surface area contributed by atoms with Crippen molar-refractivity contribution in [1.82, 2.24) is 4.90 Å². The van der Waals surface area contributed by atoms with Gasteiger partial charge in [0.15, 0.2) is 0 Å². The van der Waals surface area contributed by atoms with Crippen LogP contribution in [0.2, 0.25) is 0 Å². The zero-order valence-electron chi connectivity index (χ0n) is 10.4. The zero-order chi connectivity index (χ0) is 10.5. The first-order chi connectivity index (χ1) is 6.21. The standard InChI is InChI=1S/C8H15N.2C2H6/c1-8-3-4-9(2)6-7(8)5-8;2*1-2/h7H,3-6H2,1-2H3;2*1-2H3. The SMILES string of the molecule is CC.CC.CN1CCC2(C)CC2C1. The summed E-state index contributed by atoms with van der Waals surface area (Å²) in [7, 11) is 2.23. The Morgan fingerprint density at radius 3 is 2.08 bits per heavy atom. The van der Waals surface area contributed by atoms with Gasteiger partial charge >= 0.3 is 0 Å². The molecule has 2 unspecified atom stereocenters. The number of rotatable bonds is 0. The summed E-state index contributed by atoms with van der Waals surface area (Å²) >= 11 is 0. The van der Waals surface area contributed by atoms with Gasteiger partial charge in [0.2, 0.25) is 0 Å². The first kappa shape index (κ1) is 13.0. The first-order valence-electron chi connectivity index (χ1n) is 5.89. The molecule has 1 aliphatic carbocycles. The van der Waals surface area contributed by atoms with E-state index in [0.717, 1.165) is 11.3 Å². The van der Waals surface area contributed by atoms with Crippen LogP contribution in [0, 0.1) is 11.3 Å². The van der Waals surface area contributed by atoms with Crippen molar-refractivity contribution >= 4 is 0 Å². The van der Waals surface area contributed by atoms with Crippen LogP contribution in [0.5, 0.6) is 0 Å². The van der Waals surface area contributed by atoms with E-state index >= 15 is 0 Å². The molecule has 2 atom stereocenters. The maximum absolute atomic E-state index is 2.46. The van der Waals surface area contributed by atoms with Crippen LogP contribution < -0.4 is 0 Å². The van der Waals surface area contributed by atoms with Gasteiger partial charge in [0.1, 0.15) is 0 Å². The molecule has 0 aromatic heterocycles. The molecule has 0 N–H and O–H groups in total. The van der Waals surface area contributed by atoms with Gasteiger partial charge < -0.3 is 4.90 Å². The molecule has 1 saturated heterocycles. The van der Waals surface area contributed by atoms with Crippen molar-refractivity contribution in [1.29, 1.82) is 0 Å². The molecule has 0 spiro atoms. The molecule has 0 aromatic rings. The second kappa shape index (κ2) is 5.64. The van der Waals surface area contributed by atoms with E-state index < -0.39 is 0 Å². The lowest BCUT2D eigenvalue weighted by Gasteiger charge is -2.25. The molecule has 2 rings (SSSR count). The fraction of sp³-hybridized carbons (Fsp3) is 1.00. The van der Waals surface area contributed by atoms with E-state index in [0.29, 0.717) is 0 Å². The van der Waals surface area contributed by atoms with Gasteiger partial charge in [-0.1, -0.05) is 34.6 Å². The lowest BCUT2D eigenvalue weighted by atomic mass is 9.98. The summed E-state index contributed by atoms with van der Waals surface area (Å²) in [6.07, 6.45) is 2.94. The van der Waals surface area contributed by atoms with Gasteiger partial charge in [-0.2, -0.15) is 0 Å². The molecule has 1 nitrogen and oxygen atoms in total. The monoisotopic (exact) mass is 185 g/mol. The number of fused-ring (bicyclic) bond motifs is 1. The predicted octanol–water partition coefficient (Wildman–Crippen LogP) is 3.40. The van der Waals surface area contributed by atoms with E-state index in [4.69, 9.17) is 0 Å². The minimum Gasteiger partial charge on any atom is -0.306 e. The Morgan fingerprint density at radius 2 is 1.69 bits per heavy atom. The van der Waals surface area contributed by atoms with Crippen molar-refractivity contribution in [3.63, 3.8) is 0 Å². The molecule has 0 amide bonds. The van der Waals surface area contributed by atoms with Gasteiger partial charge in [-0.05, 0) is 37.8 Å². The Kier molecular flexibility index (Phi) is 5.62. The number of hydrogen-bond acceptors (Lipinski definition) is 1. The molecule has 1 aliphatic heterocycles. The molecule has 0 bridgehead atoms. The minimum absolute atomic E-state index is 0.784. The number of likely N-dealkylation sites (tertiary alicyclic amines) is 1. The van der Waals surface area contributed by atoms with Crippen LogP contribution >= 0.6 is 0 Å². The molecule has 2 fully saturated rings. The van der Waals surface area contributed by atoms with Crippen LogP contribution in [-0.2, 0) is 0 Å². The minimum atomic E-state index is 0.784. The van der Waals surface area contributed by atoms with Gasteiger partial charge in [0.05, 0.1) is 0 Å². The van der Waals surface area contributed by atoms with E-state index in [9.17, 15) is 0 Å². The molecular formula is C12H27N. The van der Waals surface area contributed by atoms with Crippen molar-refractivity contribution in [3.8, 4) is 0 Å². The fourth-order valence-corrected chi connectivity index (χ4v) is 2.01. The van der Waals surface area contributed by atoms with Crippen LogP contribution in [0.4, 0.5) is 0 Å². The highest BCUT2D eigenvalue weighted by Crippen LogP contribution is 2.56. The topological polar surface area (TPSA) is 3.24 Å². The zero-order valence-corrected chi connectivity index (χ0v) is 10.4. The highest BCUT2D eigenvalue weighted by Gasteiger charge is 2.51. The quantitative estimate of drug-likeness (QED) is 0.559. The molecule has 2 aliphatic rings. The fourth-order valence-electron chi connectivity index (χ4n) is 2.01. The van der Waals surface area contributed by atoms with E-state index in [2.05, 4.69) is 18.9 Å². The van der Waals surface area contributed by atoms with Crippen LogP contribution in [0.1, 0.15) is 47.5 Å². The molecule has 1 saturated carbocycles. The van der Waals surface area contributed by atoms with E-state index in [1.165, 1.54) is 25.9 Å². The molecule has 80 valence electrons. The van der Waals surface area contributed by atoms with Gasteiger partial charge in [0, 0.05) is 6.54 Å². The molecule has 13 heavy (non-hydrogen) atoms. The summed E-state index contributed by atoms with van der Waals surface area (Å²) in [6.45, 7) is 13.1. The summed E-state index contributed by atoms with van der Waals surface area (Å²) in [5.41, 5.74) is 0.784. The Bertz CT molecular complexity index is 133.